The lowest BCUT2D eigenvalue weighted by Gasteiger charge is -2.08. The maximum Gasteiger partial charge on any atom is 0.0200 e. The fourth-order valence-corrected chi connectivity index (χ4v) is 3.09. The van der Waals surface area contributed by atoms with Crippen LogP contribution in [0.2, 0.25) is 0 Å². The highest BCUT2D eigenvalue weighted by Crippen LogP contribution is 2.35. The quantitative estimate of drug-likeness (QED) is 0.420. The molecule has 0 saturated carbocycles. The summed E-state index contributed by atoms with van der Waals surface area (Å²) in [4.78, 5) is 2.51. The second-order valence-corrected chi connectivity index (χ2v) is 5.82. The van der Waals surface area contributed by atoms with Crippen molar-refractivity contribution >= 4 is 22.7 Å². The van der Waals surface area contributed by atoms with Crippen LogP contribution in [0.5, 0.6) is 0 Å². The molecule has 0 heterocycles. The third-order valence-electron chi connectivity index (χ3n) is 3.13. The molecule has 0 bridgehead atoms. The van der Waals surface area contributed by atoms with Gasteiger partial charge in [0.05, 0.1) is 0 Å². The average molecular weight is 288 g/mol. The summed E-state index contributed by atoms with van der Waals surface area (Å²) in [5.74, 6) is 0. The molecule has 21 heavy (non-hydrogen) atoms. The van der Waals surface area contributed by atoms with Crippen molar-refractivity contribution in [2.45, 2.75) is 4.90 Å². The van der Waals surface area contributed by atoms with Crippen molar-refractivity contribution in [3.63, 3.8) is 0 Å². The average Bonchev–Trinajstić information content (AvgIpc) is 2.57. The van der Waals surface area contributed by atoms with Gasteiger partial charge in [0.15, 0.2) is 0 Å². The Morgan fingerprint density at radius 1 is 0.619 bits per heavy atom. The van der Waals surface area contributed by atoms with Crippen molar-refractivity contribution in [1.29, 1.82) is 0 Å². The van der Waals surface area contributed by atoms with Crippen LogP contribution < -0.4 is 0 Å². The molecule has 3 aromatic rings. The van der Waals surface area contributed by atoms with E-state index in [1.165, 1.54) is 20.9 Å². The molecular weight excluding hydrogens is 272 g/mol. The summed E-state index contributed by atoms with van der Waals surface area (Å²) in [5.41, 5.74) is 2.47. The van der Waals surface area contributed by atoms with Crippen LogP contribution in [0.15, 0.2) is 95.9 Å². The fourth-order valence-electron chi connectivity index (χ4n) is 2.09. The first-order valence-electron chi connectivity index (χ1n) is 6.97. The maximum absolute atomic E-state index is 2.24. The summed E-state index contributed by atoms with van der Waals surface area (Å²) in [6.07, 6.45) is 2.24. The minimum atomic E-state index is 1.22. The Balaban J connectivity index is 1.97. The molecule has 1 heteroatoms. The Kier molecular flexibility index (Phi) is 4.55. The van der Waals surface area contributed by atoms with Crippen molar-refractivity contribution in [3.05, 3.63) is 102 Å². The first-order chi connectivity index (χ1) is 10.4. The van der Waals surface area contributed by atoms with Gasteiger partial charge in [0, 0.05) is 9.80 Å². The summed E-state index contributed by atoms with van der Waals surface area (Å²) < 4.78 is 0. The van der Waals surface area contributed by atoms with Gasteiger partial charge in [-0.2, -0.15) is 0 Å². The molecule has 0 radical (unpaired) electrons. The third-order valence-corrected chi connectivity index (χ3v) is 4.21. The number of thioether (sulfide) groups is 1. The van der Waals surface area contributed by atoms with Gasteiger partial charge >= 0.3 is 0 Å². The van der Waals surface area contributed by atoms with Gasteiger partial charge in [-0.15, -0.1) is 0 Å². The monoisotopic (exact) mass is 288 g/mol. The topological polar surface area (TPSA) is 0 Å². The van der Waals surface area contributed by atoms with Gasteiger partial charge < -0.3 is 0 Å². The molecule has 0 amide bonds. The van der Waals surface area contributed by atoms with Crippen molar-refractivity contribution in [3.8, 4) is 0 Å². The van der Waals surface area contributed by atoms with E-state index in [-0.39, 0.29) is 0 Å². The molecule has 0 unspecified atom stereocenters. The summed E-state index contributed by atoms with van der Waals surface area (Å²) in [6.45, 7) is 0. The van der Waals surface area contributed by atoms with Crippen molar-refractivity contribution in [2.24, 2.45) is 0 Å². The zero-order valence-corrected chi connectivity index (χ0v) is 12.5. The first kappa shape index (κ1) is 13.7. The van der Waals surface area contributed by atoms with Gasteiger partial charge in [-0.25, -0.2) is 0 Å². The lowest BCUT2D eigenvalue weighted by Crippen LogP contribution is -1.81. The van der Waals surface area contributed by atoms with Crippen LogP contribution in [-0.2, 0) is 0 Å². The molecule has 0 aliphatic rings. The van der Waals surface area contributed by atoms with Crippen LogP contribution in [-0.4, -0.2) is 0 Å². The van der Waals surface area contributed by atoms with Crippen molar-refractivity contribution < 1.29 is 0 Å². The summed E-state index contributed by atoms with van der Waals surface area (Å²) in [6, 6.07) is 31.5. The molecule has 102 valence electrons. The van der Waals surface area contributed by atoms with Crippen molar-refractivity contribution in [2.75, 3.05) is 0 Å². The van der Waals surface area contributed by atoms with Crippen LogP contribution in [0.25, 0.3) is 11.0 Å². The molecule has 0 fully saturated rings. The highest BCUT2D eigenvalue weighted by Gasteiger charge is 2.04. The van der Waals surface area contributed by atoms with E-state index < -0.39 is 0 Å². The molecule has 0 saturated heterocycles. The van der Waals surface area contributed by atoms with Crippen LogP contribution in [0.3, 0.4) is 0 Å². The van der Waals surface area contributed by atoms with Crippen LogP contribution >= 0.6 is 11.8 Å². The number of rotatable bonds is 4. The summed E-state index contributed by atoms with van der Waals surface area (Å²) in [5, 5.41) is 0. The van der Waals surface area contributed by atoms with Gasteiger partial charge in [-0.3, -0.25) is 0 Å². The minimum Gasteiger partial charge on any atom is -0.0895 e. The minimum absolute atomic E-state index is 1.22. The number of hydrogen-bond donors (Lipinski definition) is 0. The van der Waals surface area contributed by atoms with Gasteiger partial charge in [0.25, 0.3) is 0 Å². The smallest absolute Gasteiger partial charge is 0.0200 e. The van der Waals surface area contributed by atoms with E-state index in [0.29, 0.717) is 0 Å². The molecule has 3 rings (SSSR count). The third kappa shape index (κ3) is 3.87. The maximum atomic E-state index is 2.24. The second kappa shape index (κ2) is 6.96. The SMILES string of the molecule is C(=C(\Sc1ccccc1)c1ccccc1)/c1ccccc1. The normalized spacial score (nSPS) is 11.3. The summed E-state index contributed by atoms with van der Waals surface area (Å²) in [7, 11) is 0. The first-order valence-corrected chi connectivity index (χ1v) is 7.78. The molecule has 0 aromatic heterocycles. The van der Waals surface area contributed by atoms with E-state index in [4.69, 9.17) is 0 Å². The van der Waals surface area contributed by atoms with E-state index in [1.54, 1.807) is 11.8 Å². The van der Waals surface area contributed by atoms with Gasteiger partial charge in [-0.1, -0.05) is 90.6 Å². The number of hydrogen-bond acceptors (Lipinski definition) is 1. The molecule has 0 aliphatic heterocycles. The molecule has 0 atom stereocenters. The standard InChI is InChI=1S/C20H16S/c1-4-10-17(11-5-1)16-20(18-12-6-2-7-13-18)21-19-14-8-3-9-15-19/h1-16H/b20-16+. The lowest BCUT2D eigenvalue weighted by atomic mass is 10.1. The lowest BCUT2D eigenvalue weighted by molar-refractivity contribution is 1.47. The Labute approximate surface area is 130 Å². The van der Waals surface area contributed by atoms with E-state index in [9.17, 15) is 0 Å². The Morgan fingerprint density at radius 2 is 1.14 bits per heavy atom. The molecule has 0 aliphatic carbocycles. The van der Waals surface area contributed by atoms with E-state index in [2.05, 4.69) is 84.9 Å². The zero-order valence-electron chi connectivity index (χ0n) is 11.6. The molecule has 3 aromatic carbocycles. The van der Waals surface area contributed by atoms with E-state index in [1.807, 2.05) is 12.1 Å². The Morgan fingerprint density at radius 3 is 1.76 bits per heavy atom. The highest BCUT2D eigenvalue weighted by atomic mass is 32.2. The highest BCUT2D eigenvalue weighted by molar-refractivity contribution is 8.08. The predicted octanol–water partition coefficient (Wildman–Crippen LogP) is 5.98. The van der Waals surface area contributed by atoms with Crippen LogP contribution in [0, 0.1) is 0 Å². The fraction of sp³-hybridized carbons (Fsp3) is 0. The number of benzene rings is 3. The van der Waals surface area contributed by atoms with Crippen molar-refractivity contribution in [1.82, 2.24) is 0 Å². The van der Waals surface area contributed by atoms with Gasteiger partial charge in [0.1, 0.15) is 0 Å². The van der Waals surface area contributed by atoms with E-state index >= 15 is 0 Å². The summed E-state index contributed by atoms with van der Waals surface area (Å²) >= 11 is 1.80. The van der Waals surface area contributed by atoms with Gasteiger partial charge in [0.2, 0.25) is 0 Å². The molecule has 0 N–H and O–H groups in total. The Bertz CT molecular complexity index is 701. The largest absolute Gasteiger partial charge is 0.0895 e. The molecule has 0 nitrogen and oxygen atoms in total. The van der Waals surface area contributed by atoms with Gasteiger partial charge in [-0.05, 0) is 29.3 Å². The zero-order chi connectivity index (χ0) is 14.3. The van der Waals surface area contributed by atoms with Crippen LogP contribution in [0.1, 0.15) is 11.1 Å². The molecule has 0 spiro atoms. The predicted molar refractivity (Wildman–Crippen MR) is 93.1 cm³/mol. The van der Waals surface area contributed by atoms with E-state index in [0.717, 1.165) is 0 Å². The second-order valence-electron chi connectivity index (χ2n) is 4.70. The molecular formula is C20H16S. The van der Waals surface area contributed by atoms with Crippen LogP contribution in [0.4, 0.5) is 0 Å². The Hall–Kier alpha value is -2.25.